The maximum absolute atomic E-state index is 13.7. The highest BCUT2D eigenvalue weighted by Crippen LogP contribution is 2.33. The minimum atomic E-state index is -0.637. The Bertz CT molecular complexity index is 1350. The van der Waals surface area contributed by atoms with Crippen LogP contribution in [0.15, 0.2) is 76.0 Å². The van der Waals surface area contributed by atoms with Gasteiger partial charge < -0.3 is 5.32 Å². The molecule has 0 saturated carbocycles. The number of nitrogens with one attached hydrogen (secondary N) is 2. The second-order valence-corrected chi connectivity index (χ2v) is 9.46. The topological polar surface area (TPSA) is 93.1 Å². The zero-order valence-corrected chi connectivity index (χ0v) is 19.7. The number of imide groups is 1. The first kappa shape index (κ1) is 22.8. The Morgan fingerprint density at radius 2 is 1.76 bits per heavy atom. The van der Waals surface area contributed by atoms with Crippen LogP contribution in [0, 0.1) is 0 Å². The summed E-state index contributed by atoms with van der Waals surface area (Å²) >= 11 is 2.55. The minimum Gasteiger partial charge on any atom is -0.341 e. The van der Waals surface area contributed by atoms with E-state index in [2.05, 4.69) is 10.6 Å². The van der Waals surface area contributed by atoms with Crippen molar-refractivity contribution in [3.8, 4) is 11.1 Å². The summed E-state index contributed by atoms with van der Waals surface area (Å²) in [5, 5.41) is 6.93. The molecule has 0 radical (unpaired) electrons. The monoisotopic (exact) mass is 478 g/mol. The van der Waals surface area contributed by atoms with Gasteiger partial charge in [0.2, 0.25) is 5.91 Å². The first-order valence-electron chi connectivity index (χ1n) is 10.3. The van der Waals surface area contributed by atoms with Gasteiger partial charge in [-0.1, -0.05) is 72.4 Å². The Kier molecular flexibility index (Phi) is 6.90. The number of thiophene rings is 1. The first-order valence-corrected chi connectivity index (χ1v) is 12.0. The van der Waals surface area contributed by atoms with Gasteiger partial charge in [-0.2, -0.15) is 0 Å². The molecule has 2 aromatic carbocycles. The van der Waals surface area contributed by atoms with Gasteiger partial charge in [-0.3, -0.25) is 19.5 Å². The van der Waals surface area contributed by atoms with Crippen LogP contribution in [-0.4, -0.2) is 33.8 Å². The molecular formula is C24H22N4O3S2. The molecule has 0 aliphatic heterocycles. The van der Waals surface area contributed by atoms with Crippen molar-refractivity contribution < 1.29 is 9.59 Å². The summed E-state index contributed by atoms with van der Waals surface area (Å²) in [6.07, 6.45) is 0. The van der Waals surface area contributed by atoms with Crippen LogP contribution in [0.1, 0.15) is 12.5 Å². The number of hydrogen-bond acceptors (Lipinski definition) is 6. The van der Waals surface area contributed by atoms with Crippen LogP contribution in [0.3, 0.4) is 0 Å². The second-order valence-electron chi connectivity index (χ2n) is 7.30. The number of thioether (sulfide) groups is 1. The first-order chi connectivity index (χ1) is 16.0. The summed E-state index contributed by atoms with van der Waals surface area (Å²) in [6, 6.07) is 18.8. The number of carbonyl (C=O) groups excluding carboxylic acids is 2. The number of rotatable bonds is 6. The van der Waals surface area contributed by atoms with Crippen LogP contribution in [0.4, 0.5) is 4.79 Å². The molecular weight excluding hydrogens is 456 g/mol. The standard InChI is InChI=1S/C24H22N4O3S2/c1-15(20(29)26-23(31)25-2)33-24-27-21-19(18(14-32-21)17-11-7-4-8-12-17)22(30)28(24)13-16-9-5-3-6-10-16/h3-12,14-15H,13H2,1-2H3,(H2,25,26,29,31)/t15-/m1/s1. The fourth-order valence-corrected chi connectivity index (χ4v) is 5.22. The molecule has 0 saturated heterocycles. The molecule has 2 aromatic heterocycles. The largest absolute Gasteiger partial charge is 0.341 e. The van der Waals surface area contributed by atoms with Crippen molar-refractivity contribution in [2.45, 2.75) is 23.9 Å². The number of nitrogens with zero attached hydrogens (tertiary/aromatic N) is 2. The molecule has 3 amide bonds. The van der Waals surface area contributed by atoms with E-state index < -0.39 is 17.2 Å². The number of aromatic nitrogens is 2. The Morgan fingerprint density at radius 1 is 1.09 bits per heavy atom. The molecule has 0 fully saturated rings. The van der Waals surface area contributed by atoms with E-state index in [-0.39, 0.29) is 5.56 Å². The van der Waals surface area contributed by atoms with Gasteiger partial charge in [-0.15, -0.1) is 11.3 Å². The molecule has 0 spiro atoms. The lowest BCUT2D eigenvalue weighted by Gasteiger charge is -2.16. The fourth-order valence-electron chi connectivity index (χ4n) is 3.32. The molecule has 0 aliphatic carbocycles. The van der Waals surface area contributed by atoms with Crippen molar-refractivity contribution in [2.24, 2.45) is 0 Å². The summed E-state index contributed by atoms with van der Waals surface area (Å²) in [4.78, 5) is 43.1. The van der Waals surface area contributed by atoms with Crippen LogP contribution in [-0.2, 0) is 11.3 Å². The molecule has 2 N–H and O–H groups in total. The van der Waals surface area contributed by atoms with Gasteiger partial charge in [-0.05, 0) is 18.1 Å². The summed E-state index contributed by atoms with van der Waals surface area (Å²) < 4.78 is 1.60. The summed E-state index contributed by atoms with van der Waals surface area (Å²) in [5.74, 6) is -0.462. The molecule has 0 unspecified atom stereocenters. The molecule has 7 nitrogen and oxygen atoms in total. The average molecular weight is 479 g/mol. The lowest BCUT2D eigenvalue weighted by molar-refractivity contribution is -0.119. The summed E-state index contributed by atoms with van der Waals surface area (Å²) in [6.45, 7) is 1.99. The van der Waals surface area contributed by atoms with Crippen LogP contribution in [0.25, 0.3) is 21.3 Å². The van der Waals surface area contributed by atoms with E-state index in [1.165, 1.54) is 18.4 Å². The van der Waals surface area contributed by atoms with E-state index in [4.69, 9.17) is 4.98 Å². The minimum absolute atomic E-state index is 0.162. The van der Waals surface area contributed by atoms with Gasteiger partial charge in [0.15, 0.2) is 5.16 Å². The van der Waals surface area contributed by atoms with E-state index in [0.29, 0.717) is 21.9 Å². The smallest absolute Gasteiger partial charge is 0.321 e. The van der Waals surface area contributed by atoms with Gasteiger partial charge in [0, 0.05) is 18.0 Å². The number of amides is 3. The van der Waals surface area contributed by atoms with Gasteiger partial charge in [0.25, 0.3) is 5.56 Å². The quantitative estimate of drug-likeness (QED) is 0.321. The molecule has 4 aromatic rings. The Morgan fingerprint density at radius 3 is 2.42 bits per heavy atom. The maximum atomic E-state index is 13.7. The van der Waals surface area contributed by atoms with Crippen molar-refractivity contribution >= 4 is 45.3 Å². The van der Waals surface area contributed by atoms with Crippen molar-refractivity contribution in [1.82, 2.24) is 20.2 Å². The molecule has 33 heavy (non-hydrogen) atoms. The predicted octanol–water partition coefficient (Wildman–Crippen LogP) is 4.11. The number of fused-ring (bicyclic) bond motifs is 1. The lowest BCUT2D eigenvalue weighted by Crippen LogP contribution is -2.41. The highest BCUT2D eigenvalue weighted by atomic mass is 32.2. The van der Waals surface area contributed by atoms with Crippen LogP contribution in [0.2, 0.25) is 0 Å². The molecule has 2 heterocycles. The molecule has 0 aliphatic rings. The van der Waals surface area contributed by atoms with Crippen molar-refractivity contribution in [1.29, 1.82) is 0 Å². The van der Waals surface area contributed by atoms with Crippen molar-refractivity contribution in [3.05, 3.63) is 82.0 Å². The molecule has 1 atom stereocenters. The molecule has 4 rings (SSSR count). The van der Waals surface area contributed by atoms with Gasteiger partial charge >= 0.3 is 6.03 Å². The SMILES string of the molecule is CNC(=O)NC(=O)[C@@H](C)Sc1nc2scc(-c3ccccc3)c2c(=O)n1Cc1ccccc1. The Balaban J connectivity index is 1.80. The van der Waals surface area contributed by atoms with Gasteiger partial charge in [-0.25, -0.2) is 9.78 Å². The number of urea groups is 1. The van der Waals surface area contributed by atoms with Crippen LogP contribution in [0.5, 0.6) is 0 Å². The Hall–Kier alpha value is -3.43. The highest BCUT2D eigenvalue weighted by molar-refractivity contribution is 8.00. The number of hydrogen-bond donors (Lipinski definition) is 2. The molecule has 9 heteroatoms. The fraction of sp³-hybridized carbons (Fsp3) is 0.167. The van der Waals surface area contributed by atoms with Gasteiger partial charge in [0.1, 0.15) is 4.83 Å². The van der Waals surface area contributed by atoms with E-state index in [1.807, 2.05) is 66.0 Å². The van der Waals surface area contributed by atoms with Gasteiger partial charge in [0.05, 0.1) is 17.2 Å². The zero-order chi connectivity index (χ0) is 23.4. The highest BCUT2D eigenvalue weighted by Gasteiger charge is 2.22. The van der Waals surface area contributed by atoms with Crippen molar-refractivity contribution in [2.75, 3.05) is 7.05 Å². The zero-order valence-electron chi connectivity index (χ0n) is 18.1. The summed E-state index contributed by atoms with van der Waals surface area (Å²) in [7, 11) is 1.44. The average Bonchev–Trinajstić information content (AvgIpc) is 3.26. The summed E-state index contributed by atoms with van der Waals surface area (Å²) in [5.41, 5.74) is 2.58. The second kappa shape index (κ2) is 10.0. The normalized spacial score (nSPS) is 11.8. The van der Waals surface area contributed by atoms with E-state index >= 15 is 0 Å². The molecule has 0 bridgehead atoms. The number of benzene rings is 2. The van der Waals surface area contributed by atoms with Crippen LogP contribution >= 0.6 is 23.1 Å². The third kappa shape index (κ3) is 4.99. The third-order valence-electron chi connectivity index (χ3n) is 5.04. The number of carbonyl (C=O) groups is 2. The van der Waals surface area contributed by atoms with E-state index in [9.17, 15) is 14.4 Å². The maximum Gasteiger partial charge on any atom is 0.321 e. The third-order valence-corrected chi connectivity index (χ3v) is 7.00. The van der Waals surface area contributed by atoms with Crippen molar-refractivity contribution in [3.63, 3.8) is 0 Å². The molecule has 168 valence electrons. The van der Waals surface area contributed by atoms with E-state index in [0.717, 1.165) is 28.5 Å². The van der Waals surface area contributed by atoms with E-state index in [1.54, 1.807) is 11.5 Å². The Labute approximate surface area is 198 Å². The predicted molar refractivity (Wildman–Crippen MR) is 133 cm³/mol. The van der Waals surface area contributed by atoms with Crippen LogP contribution < -0.4 is 16.2 Å². The lowest BCUT2D eigenvalue weighted by atomic mass is 10.1.